The Morgan fingerprint density at radius 2 is 2.21 bits per heavy atom. The van der Waals surface area contributed by atoms with E-state index in [9.17, 15) is 0 Å². The highest BCUT2D eigenvalue weighted by Crippen LogP contribution is 2.15. The number of hydrogen-bond donors (Lipinski definition) is 1. The maximum absolute atomic E-state index is 3.60. The molecule has 2 unspecified atom stereocenters. The van der Waals surface area contributed by atoms with Crippen molar-refractivity contribution >= 4 is 0 Å². The molecule has 1 rings (SSSR count). The van der Waals surface area contributed by atoms with E-state index in [1.165, 1.54) is 32.2 Å². The van der Waals surface area contributed by atoms with Crippen molar-refractivity contribution in [2.24, 2.45) is 5.92 Å². The van der Waals surface area contributed by atoms with Gasteiger partial charge in [0.15, 0.2) is 0 Å². The van der Waals surface area contributed by atoms with Crippen LogP contribution in [0.4, 0.5) is 0 Å². The molecule has 0 saturated heterocycles. The first-order valence-electron chi connectivity index (χ1n) is 5.91. The van der Waals surface area contributed by atoms with Gasteiger partial charge in [0, 0.05) is 6.04 Å². The van der Waals surface area contributed by atoms with Crippen LogP contribution < -0.4 is 5.32 Å². The van der Waals surface area contributed by atoms with Gasteiger partial charge >= 0.3 is 0 Å². The summed E-state index contributed by atoms with van der Waals surface area (Å²) in [6.07, 6.45) is 14.0. The zero-order valence-corrected chi connectivity index (χ0v) is 9.50. The first-order chi connectivity index (χ1) is 6.84. The molecule has 0 heterocycles. The summed E-state index contributed by atoms with van der Waals surface area (Å²) in [5.74, 6) is 0.696. The minimum Gasteiger partial charge on any atom is -0.314 e. The normalized spacial score (nSPS) is 22.6. The van der Waals surface area contributed by atoms with E-state index in [2.05, 4.69) is 43.5 Å². The van der Waals surface area contributed by atoms with Crippen LogP contribution in [-0.2, 0) is 0 Å². The molecule has 0 amide bonds. The lowest BCUT2D eigenvalue weighted by Gasteiger charge is -2.22. The third kappa shape index (κ3) is 4.10. The average Bonchev–Trinajstić information content (AvgIpc) is 2.25. The smallest absolute Gasteiger partial charge is 0.0105 e. The van der Waals surface area contributed by atoms with Gasteiger partial charge in [-0.25, -0.2) is 0 Å². The van der Waals surface area contributed by atoms with Gasteiger partial charge in [0.25, 0.3) is 0 Å². The van der Waals surface area contributed by atoms with Gasteiger partial charge < -0.3 is 5.32 Å². The molecular formula is C13H23N. The monoisotopic (exact) mass is 193 g/mol. The summed E-state index contributed by atoms with van der Waals surface area (Å²) >= 11 is 0. The number of hydrogen-bond acceptors (Lipinski definition) is 1. The first kappa shape index (κ1) is 11.5. The maximum Gasteiger partial charge on any atom is 0.0105 e. The molecule has 1 aliphatic rings. The molecule has 80 valence electrons. The van der Waals surface area contributed by atoms with Crippen molar-refractivity contribution in [2.45, 2.75) is 45.6 Å². The summed E-state index contributed by atoms with van der Waals surface area (Å²) < 4.78 is 0. The van der Waals surface area contributed by atoms with Crippen molar-refractivity contribution in [1.82, 2.24) is 5.32 Å². The van der Waals surface area contributed by atoms with Crippen molar-refractivity contribution in [3.05, 3.63) is 24.3 Å². The number of allylic oxidation sites excluding steroid dienone is 3. The standard InChI is InChI=1S/C13H23N/c1-3-4-8-11-14-12(2)13-9-6-5-7-10-13/h5-7,9,12-14H,3-4,8,10-11H2,1-2H3. The van der Waals surface area contributed by atoms with Crippen molar-refractivity contribution in [1.29, 1.82) is 0 Å². The molecule has 1 nitrogen and oxygen atoms in total. The quantitative estimate of drug-likeness (QED) is 0.638. The molecule has 1 aliphatic carbocycles. The molecule has 0 bridgehead atoms. The summed E-state index contributed by atoms with van der Waals surface area (Å²) in [5, 5.41) is 3.60. The molecule has 0 aromatic heterocycles. The lowest BCUT2D eigenvalue weighted by atomic mass is 9.94. The van der Waals surface area contributed by atoms with E-state index in [0.29, 0.717) is 12.0 Å². The number of nitrogens with one attached hydrogen (secondary N) is 1. The number of rotatable bonds is 6. The molecule has 14 heavy (non-hydrogen) atoms. The Hall–Kier alpha value is -0.560. The average molecular weight is 193 g/mol. The van der Waals surface area contributed by atoms with E-state index < -0.39 is 0 Å². The zero-order chi connectivity index (χ0) is 10.2. The Morgan fingerprint density at radius 3 is 2.86 bits per heavy atom. The highest BCUT2D eigenvalue weighted by atomic mass is 14.9. The van der Waals surface area contributed by atoms with Gasteiger partial charge in [-0.2, -0.15) is 0 Å². The van der Waals surface area contributed by atoms with Crippen LogP contribution in [-0.4, -0.2) is 12.6 Å². The molecule has 0 aliphatic heterocycles. The molecule has 0 aromatic carbocycles. The predicted molar refractivity (Wildman–Crippen MR) is 63.4 cm³/mol. The largest absolute Gasteiger partial charge is 0.314 e. The molecule has 0 spiro atoms. The summed E-state index contributed by atoms with van der Waals surface area (Å²) in [4.78, 5) is 0. The molecule has 0 saturated carbocycles. The van der Waals surface area contributed by atoms with Crippen LogP contribution in [0.1, 0.15) is 39.5 Å². The summed E-state index contributed by atoms with van der Waals surface area (Å²) in [6.45, 7) is 5.71. The SMILES string of the molecule is CCCCCNC(C)C1C=CC=CC1. The fourth-order valence-electron chi connectivity index (χ4n) is 1.83. The van der Waals surface area contributed by atoms with E-state index in [4.69, 9.17) is 0 Å². The Kier molecular flexibility index (Phi) is 5.62. The van der Waals surface area contributed by atoms with Crippen LogP contribution in [0, 0.1) is 5.92 Å². The van der Waals surface area contributed by atoms with E-state index in [1.54, 1.807) is 0 Å². The molecule has 1 N–H and O–H groups in total. The fourth-order valence-corrected chi connectivity index (χ4v) is 1.83. The molecule has 1 heteroatoms. The molecule has 0 radical (unpaired) electrons. The maximum atomic E-state index is 3.60. The van der Waals surface area contributed by atoms with Crippen molar-refractivity contribution in [3.63, 3.8) is 0 Å². The minimum absolute atomic E-state index is 0.619. The molecule has 2 atom stereocenters. The van der Waals surface area contributed by atoms with Gasteiger partial charge in [-0.05, 0) is 32.2 Å². The Morgan fingerprint density at radius 1 is 1.36 bits per heavy atom. The van der Waals surface area contributed by atoms with Crippen LogP contribution in [0.15, 0.2) is 24.3 Å². The minimum atomic E-state index is 0.619. The topological polar surface area (TPSA) is 12.0 Å². The zero-order valence-electron chi connectivity index (χ0n) is 9.50. The first-order valence-corrected chi connectivity index (χ1v) is 5.91. The highest BCUT2D eigenvalue weighted by Gasteiger charge is 2.12. The molecular weight excluding hydrogens is 170 g/mol. The lowest BCUT2D eigenvalue weighted by molar-refractivity contribution is 0.429. The van der Waals surface area contributed by atoms with Crippen LogP contribution in [0.25, 0.3) is 0 Å². The Bertz CT molecular complexity index is 193. The van der Waals surface area contributed by atoms with Gasteiger partial charge in [0.1, 0.15) is 0 Å². The van der Waals surface area contributed by atoms with E-state index >= 15 is 0 Å². The van der Waals surface area contributed by atoms with Gasteiger partial charge in [-0.15, -0.1) is 0 Å². The van der Waals surface area contributed by atoms with Crippen LogP contribution in [0.2, 0.25) is 0 Å². The molecule has 0 aromatic rings. The number of unbranched alkanes of at least 4 members (excludes halogenated alkanes) is 2. The lowest BCUT2D eigenvalue weighted by Crippen LogP contribution is -2.33. The van der Waals surface area contributed by atoms with Crippen molar-refractivity contribution in [2.75, 3.05) is 6.54 Å². The van der Waals surface area contributed by atoms with Crippen molar-refractivity contribution in [3.8, 4) is 0 Å². The second kappa shape index (κ2) is 6.83. The predicted octanol–water partition coefficient (Wildman–Crippen LogP) is 3.29. The second-order valence-corrected chi connectivity index (χ2v) is 4.16. The van der Waals surface area contributed by atoms with Gasteiger partial charge in [-0.3, -0.25) is 0 Å². The van der Waals surface area contributed by atoms with Gasteiger partial charge in [-0.1, -0.05) is 44.1 Å². The second-order valence-electron chi connectivity index (χ2n) is 4.16. The fraction of sp³-hybridized carbons (Fsp3) is 0.692. The van der Waals surface area contributed by atoms with Crippen LogP contribution in [0.5, 0.6) is 0 Å². The van der Waals surface area contributed by atoms with Crippen LogP contribution in [0.3, 0.4) is 0 Å². The molecule has 0 fully saturated rings. The third-order valence-corrected chi connectivity index (χ3v) is 2.90. The Labute approximate surface area is 88.3 Å². The Balaban J connectivity index is 2.11. The van der Waals surface area contributed by atoms with E-state index in [-0.39, 0.29) is 0 Å². The highest BCUT2D eigenvalue weighted by molar-refractivity contribution is 5.12. The van der Waals surface area contributed by atoms with E-state index in [1.807, 2.05) is 0 Å². The summed E-state index contributed by atoms with van der Waals surface area (Å²) in [5.41, 5.74) is 0. The van der Waals surface area contributed by atoms with Gasteiger partial charge in [0.2, 0.25) is 0 Å². The van der Waals surface area contributed by atoms with E-state index in [0.717, 1.165) is 0 Å². The van der Waals surface area contributed by atoms with Crippen LogP contribution >= 0.6 is 0 Å². The summed E-state index contributed by atoms with van der Waals surface area (Å²) in [6, 6.07) is 0.619. The summed E-state index contributed by atoms with van der Waals surface area (Å²) in [7, 11) is 0. The van der Waals surface area contributed by atoms with Crippen molar-refractivity contribution < 1.29 is 0 Å². The van der Waals surface area contributed by atoms with Gasteiger partial charge in [0.05, 0.1) is 0 Å². The third-order valence-electron chi connectivity index (χ3n) is 2.90.